The first-order chi connectivity index (χ1) is 9.47. The number of carbonyl (C=O) groups excluding carboxylic acids is 1. The van der Waals surface area contributed by atoms with E-state index < -0.39 is 5.92 Å². The number of nitrogens with zero attached hydrogens (tertiary/aromatic N) is 1. The minimum atomic E-state index is -0.472. The average Bonchev–Trinajstić information content (AvgIpc) is 2.38. The number of ketones is 1. The van der Waals surface area contributed by atoms with Crippen LogP contribution in [0.15, 0.2) is 46.1 Å². The van der Waals surface area contributed by atoms with E-state index in [4.69, 9.17) is 11.6 Å². The first-order valence-electron chi connectivity index (χ1n) is 6.03. The molecule has 0 radical (unpaired) electrons. The Morgan fingerprint density at radius 2 is 2.10 bits per heavy atom. The van der Waals surface area contributed by atoms with Gasteiger partial charge in [-0.15, -0.1) is 12.6 Å². The summed E-state index contributed by atoms with van der Waals surface area (Å²) in [4.78, 5) is 12.0. The van der Waals surface area contributed by atoms with E-state index in [0.717, 1.165) is 5.56 Å². The van der Waals surface area contributed by atoms with E-state index in [1.807, 2.05) is 18.2 Å². The number of allylic oxidation sites excluding steroid dienone is 3. The van der Waals surface area contributed by atoms with Gasteiger partial charge in [0.05, 0.1) is 22.6 Å². The molecule has 0 unspecified atom stereocenters. The SMILES string of the molecule is CC(=O)C1=C(C)NC(S)=C(C#N)[C@H]1c1ccccc1Cl. The van der Waals surface area contributed by atoms with Crippen molar-refractivity contribution < 1.29 is 4.79 Å². The Hall–Kier alpha value is -1.70. The number of carbonyl (C=O) groups is 1. The van der Waals surface area contributed by atoms with Crippen molar-refractivity contribution in [2.24, 2.45) is 0 Å². The molecule has 1 heterocycles. The minimum Gasteiger partial charge on any atom is -0.353 e. The lowest BCUT2D eigenvalue weighted by molar-refractivity contribution is -0.113. The van der Waals surface area contributed by atoms with Crippen LogP contribution in [0, 0.1) is 11.3 Å². The number of halogens is 1. The zero-order valence-electron chi connectivity index (χ0n) is 11.1. The Kier molecular flexibility index (Phi) is 4.22. The molecular weight excluding hydrogens is 292 g/mol. The predicted octanol–water partition coefficient (Wildman–Crippen LogP) is 3.55. The van der Waals surface area contributed by atoms with Gasteiger partial charge >= 0.3 is 0 Å². The Bertz CT molecular complexity index is 685. The molecule has 1 aliphatic rings. The molecule has 0 fully saturated rings. The molecule has 1 aromatic carbocycles. The van der Waals surface area contributed by atoms with Gasteiger partial charge in [0.1, 0.15) is 0 Å². The van der Waals surface area contributed by atoms with Crippen LogP contribution in [0.1, 0.15) is 25.3 Å². The Morgan fingerprint density at radius 3 is 2.65 bits per heavy atom. The highest BCUT2D eigenvalue weighted by Crippen LogP contribution is 2.41. The number of hydrogen-bond acceptors (Lipinski definition) is 4. The number of Topliss-reactive ketones (excluding diaryl/α,β-unsaturated/α-hetero) is 1. The summed E-state index contributed by atoms with van der Waals surface area (Å²) < 4.78 is 0. The van der Waals surface area contributed by atoms with Crippen molar-refractivity contribution in [2.45, 2.75) is 19.8 Å². The van der Waals surface area contributed by atoms with Crippen LogP contribution in [-0.4, -0.2) is 5.78 Å². The molecule has 2 rings (SSSR count). The third-order valence-electron chi connectivity index (χ3n) is 3.26. The normalized spacial score (nSPS) is 18.6. The molecule has 0 spiro atoms. The standard InChI is InChI=1S/C15H13ClN2OS/c1-8-13(9(2)19)14(11(7-17)15(20)18-8)10-5-3-4-6-12(10)16/h3-6,14,18,20H,1-2H3/t14-/m1/s1. The van der Waals surface area contributed by atoms with Crippen molar-refractivity contribution in [3.8, 4) is 6.07 Å². The Balaban J connectivity index is 2.71. The number of benzene rings is 1. The monoisotopic (exact) mass is 304 g/mol. The van der Waals surface area contributed by atoms with Gasteiger partial charge in [-0.05, 0) is 25.5 Å². The summed E-state index contributed by atoms with van der Waals surface area (Å²) in [5, 5.41) is 13.3. The van der Waals surface area contributed by atoms with E-state index >= 15 is 0 Å². The van der Waals surface area contributed by atoms with Gasteiger partial charge in [-0.3, -0.25) is 4.79 Å². The number of rotatable bonds is 2. The second-order valence-corrected chi connectivity index (χ2v) is 5.40. The van der Waals surface area contributed by atoms with Crippen LogP contribution in [-0.2, 0) is 4.79 Å². The van der Waals surface area contributed by atoms with Gasteiger partial charge in [0.15, 0.2) is 5.78 Å². The van der Waals surface area contributed by atoms with Crippen molar-refractivity contribution in [1.82, 2.24) is 5.32 Å². The summed E-state index contributed by atoms with van der Waals surface area (Å²) in [7, 11) is 0. The van der Waals surface area contributed by atoms with Gasteiger partial charge in [-0.25, -0.2) is 0 Å². The summed E-state index contributed by atoms with van der Waals surface area (Å²) in [6.07, 6.45) is 0. The molecule has 3 nitrogen and oxygen atoms in total. The smallest absolute Gasteiger partial charge is 0.158 e. The molecule has 0 bridgehead atoms. The lowest BCUT2D eigenvalue weighted by Crippen LogP contribution is -2.26. The number of nitrogens with one attached hydrogen (secondary N) is 1. The van der Waals surface area contributed by atoms with Crippen molar-refractivity contribution in [1.29, 1.82) is 5.26 Å². The van der Waals surface area contributed by atoms with Gasteiger partial charge in [-0.2, -0.15) is 5.26 Å². The molecule has 1 atom stereocenters. The number of nitriles is 1. The van der Waals surface area contributed by atoms with Crippen molar-refractivity contribution >= 4 is 30.0 Å². The topological polar surface area (TPSA) is 52.9 Å². The van der Waals surface area contributed by atoms with Gasteiger partial charge in [0.25, 0.3) is 0 Å². The summed E-state index contributed by atoms with van der Waals surface area (Å²) in [6.45, 7) is 3.29. The fourth-order valence-corrected chi connectivity index (χ4v) is 3.01. The number of thiol groups is 1. The minimum absolute atomic E-state index is 0.0893. The molecule has 0 saturated carbocycles. The van der Waals surface area contributed by atoms with Crippen LogP contribution in [0.4, 0.5) is 0 Å². The molecule has 20 heavy (non-hydrogen) atoms. The Morgan fingerprint density at radius 1 is 1.45 bits per heavy atom. The maximum absolute atomic E-state index is 12.0. The predicted molar refractivity (Wildman–Crippen MR) is 82.3 cm³/mol. The first-order valence-corrected chi connectivity index (χ1v) is 6.86. The van der Waals surface area contributed by atoms with Gasteiger partial charge in [0.2, 0.25) is 0 Å². The van der Waals surface area contributed by atoms with E-state index in [1.54, 1.807) is 13.0 Å². The van der Waals surface area contributed by atoms with E-state index in [0.29, 0.717) is 26.9 Å². The van der Waals surface area contributed by atoms with Crippen LogP contribution in [0.5, 0.6) is 0 Å². The maximum Gasteiger partial charge on any atom is 0.158 e. The van der Waals surface area contributed by atoms with E-state index in [-0.39, 0.29) is 5.78 Å². The van der Waals surface area contributed by atoms with Crippen LogP contribution in [0.2, 0.25) is 5.02 Å². The van der Waals surface area contributed by atoms with Gasteiger partial charge in [0, 0.05) is 16.3 Å². The highest BCUT2D eigenvalue weighted by atomic mass is 35.5. The van der Waals surface area contributed by atoms with Crippen molar-refractivity contribution in [2.75, 3.05) is 0 Å². The molecule has 5 heteroatoms. The second-order valence-electron chi connectivity index (χ2n) is 4.55. The molecule has 0 aliphatic carbocycles. The maximum atomic E-state index is 12.0. The third kappa shape index (κ3) is 2.47. The highest BCUT2D eigenvalue weighted by molar-refractivity contribution is 7.84. The molecule has 1 aromatic rings. The average molecular weight is 305 g/mol. The molecule has 1 N–H and O–H groups in total. The van der Waals surface area contributed by atoms with Crippen molar-refractivity contribution in [3.63, 3.8) is 0 Å². The van der Waals surface area contributed by atoms with Gasteiger partial charge < -0.3 is 5.32 Å². The summed E-state index contributed by atoms with van der Waals surface area (Å²) in [6, 6.07) is 9.36. The van der Waals surface area contributed by atoms with E-state index in [9.17, 15) is 10.1 Å². The second kappa shape index (κ2) is 5.74. The first kappa shape index (κ1) is 14.7. The van der Waals surface area contributed by atoms with Crippen LogP contribution < -0.4 is 5.32 Å². The third-order valence-corrected chi connectivity index (χ3v) is 3.96. The molecular formula is C15H13ClN2OS. The highest BCUT2D eigenvalue weighted by Gasteiger charge is 2.32. The van der Waals surface area contributed by atoms with E-state index in [2.05, 4.69) is 24.0 Å². The Labute approximate surface area is 128 Å². The largest absolute Gasteiger partial charge is 0.353 e. The molecule has 0 amide bonds. The fraction of sp³-hybridized carbons (Fsp3) is 0.200. The summed E-state index contributed by atoms with van der Waals surface area (Å²) in [5.74, 6) is -0.562. The zero-order valence-corrected chi connectivity index (χ0v) is 12.7. The van der Waals surface area contributed by atoms with Crippen LogP contribution in [0.25, 0.3) is 0 Å². The number of hydrogen-bond donors (Lipinski definition) is 2. The van der Waals surface area contributed by atoms with Crippen molar-refractivity contribution in [3.05, 3.63) is 56.7 Å². The summed E-state index contributed by atoms with van der Waals surface area (Å²) >= 11 is 10.5. The van der Waals surface area contributed by atoms with E-state index in [1.165, 1.54) is 6.92 Å². The quantitative estimate of drug-likeness (QED) is 0.822. The van der Waals surface area contributed by atoms with Gasteiger partial charge in [-0.1, -0.05) is 29.8 Å². The molecule has 0 aromatic heterocycles. The lowest BCUT2D eigenvalue weighted by Gasteiger charge is -2.28. The molecule has 1 aliphatic heterocycles. The number of dihydropyridines is 1. The zero-order chi connectivity index (χ0) is 14.9. The van der Waals surface area contributed by atoms with Crippen LogP contribution in [0.3, 0.4) is 0 Å². The van der Waals surface area contributed by atoms with Crippen LogP contribution >= 0.6 is 24.2 Å². The molecule has 102 valence electrons. The summed E-state index contributed by atoms with van der Waals surface area (Å²) in [5.41, 5.74) is 2.39. The molecule has 0 saturated heterocycles. The fourth-order valence-electron chi connectivity index (χ4n) is 2.41. The lowest BCUT2D eigenvalue weighted by atomic mass is 9.81.